The van der Waals surface area contributed by atoms with Crippen molar-refractivity contribution in [2.24, 2.45) is 0 Å². The standard InChI is InChI=1S/C22H22N4O2/c1-22(28-2)6-10-26(11-7-22)20-17-12-16(21-24-8-3-9-25-21)5-4-15(17)13-19(27)18(20)14-23/h3-5,8-9,12H,6-7,10-11,13H2,1-2H3. The minimum atomic E-state index is -0.162. The van der Waals surface area contributed by atoms with Crippen molar-refractivity contribution in [3.8, 4) is 17.5 Å². The van der Waals surface area contributed by atoms with Gasteiger partial charge in [0.15, 0.2) is 11.6 Å². The average molecular weight is 374 g/mol. The number of nitrogens with zero attached hydrogens (tertiary/aromatic N) is 4. The SMILES string of the molecule is COC1(C)CCN(C2=C(C#N)C(=O)Cc3ccc(-c4ncccn4)cc32)CC1. The summed E-state index contributed by atoms with van der Waals surface area (Å²) in [6.45, 7) is 3.59. The number of ether oxygens (including phenoxy) is 1. The lowest BCUT2D eigenvalue weighted by Gasteiger charge is -2.41. The first kappa shape index (κ1) is 18.3. The third-order valence-electron chi connectivity index (χ3n) is 5.80. The normalized spacial score (nSPS) is 18.6. The predicted molar refractivity (Wildman–Crippen MR) is 105 cm³/mol. The van der Waals surface area contributed by atoms with Crippen LogP contribution in [0.1, 0.15) is 30.9 Å². The molecule has 1 aromatic heterocycles. The smallest absolute Gasteiger partial charge is 0.179 e. The summed E-state index contributed by atoms with van der Waals surface area (Å²) in [6, 6.07) is 9.84. The van der Waals surface area contributed by atoms with E-state index in [2.05, 4.69) is 27.9 Å². The molecule has 0 radical (unpaired) electrons. The molecule has 0 amide bonds. The Kier molecular flexibility index (Phi) is 4.70. The second kappa shape index (κ2) is 7.17. The Hall–Kier alpha value is -3.04. The van der Waals surface area contributed by atoms with Gasteiger partial charge in [0.1, 0.15) is 11.6 Å². The number of carbonyl (C=O) groups excluding carboxylic acids is 1. The van der Waals surface area contributed by atoms with Gasteiger partial charge in [-0.05, 0) is 37.5 Å². The summed E-state index contributed by atoms with van der Waals surface area (Å²) < 4.78 is 5.64. The Morgan fingerprint density at radius 1 is 1.21 bits per heavy atom. The van der Waals surface area contributed by atoms with E-state index in [0.29, 0.717) is 5.82 Å². The van der Waals surface area contributed by atoms with Gasteiger partial charge in [-0.25, -0.2) is 9.97 Å². The Labute approximate surface area is 164 Å². The number of fused-ring (bicyclic) bond motifs is 1. The van der Waals surface area contributed by atoms with Crippen molar-refractivity contribution in [3.63, 3.8) is 0 Å². The fourth-order valence-electron chi connectivity index (χ4n) is 3.92. The van der Waals surface area contributed by atoms with Gasteiger partial charge in [-0.3, -0.25) is 4.79 Å². The van der Waals surface area contributed by atoms with E-state index in [1.807, 2.05) is 18.2 Å². The summed E-state index contributed by atoms with van der Waals surface area (Å²) in [4.78, 5) is 23.4. The minimum Gasteiger partial charge on any atom is -0.378 e. The van der Waals surface area contributed by atoms with Crippen LogP contribution in [0.4, 0.5) is 0 Å². The molecule has 2 aliphatic rings. The van der Waals surface area contributed by atoms with Gasteiger partial charge in [0.05, 0.1) is 11.3 Å². The molecule has 1 aliphatic carbocycles. The number of nitriles is 1. The number of allylic oxidation sites excluding steroid dienone is 1. The maximum atomic E-state index is 12.6. The lowest BCUT2D eigenvalue weighted by atomic mass is 9.85. The number of likely N-dealkylation sites (tertiary alicyclic amines) is 1. The number of aromatic nitrogens is 2. The van der Waals surface area contributed by atoms with Gasteiger partial charge < -0.3 is 9.64 Å². The number of methoxy groups -OCH3 is 1. The van der Waals surface area contributed by atoms with Crippen LogP contribution in [0.2, 0.25) is 0 Å². The van der Waals surface area contributed by atoms with Crippen LogP contribution in [0.5, 0.6) is 0 Å². The Morgan fingerprint density at radius 2 is 1.93 bits per heavy atom. The molecule has 0 bridgehead atoms. The Balaban J connectivity index is 1.78. The molecule has 0 unspecified atom stereocenters. The summed E-state index contributed by atoms with van der Waals surface area (Å²) in [5.74, 6) is 0.513. The first-order chi connectivity index (χ1) is 13.5. The highest BCUT2D eigenvalue weighted by atomic mass is 16.5. The first-order valence-corrected chi connectivity index (χ1v) is 9.43. The van der Waals surface area contributed by atoms with Gasteiger partial charge >= 0.3 is 0 Å². The zero-order valence-electron chi connectivity index (χ0n) is 16.1. The van der Waals surface area contributed by atoms with E-state index in [4.69, 9.17) is 4.74 Å². The second-order valence-electron chi connectivity index (χ2n) is 7.52. The molecule has 6 heteroatoms. The average Bonchev–Trinajstić information content (AvgIpc) is 2.74. The van der Waals surface area contributed by atoms with Crippen LogP contribution in [-0.4, -0.2) is 46.5 Å². The molecular weight excluding hydrogens is 352 g/mol. The van der Waals surface area contributed by atoms with Crippen molar-refractivity contribution in [2.45, 2.75) is 31.8 Å². The molecule has 1 saturated heterocycles. The molecule has 0 atom stereocenters. The third kappa shape index (κ3) is 3.19. The molecular formula is C22H22N4O2. The van der Waals surface area contributed by atoms with Crippen molar-refractivity contribution >= 4 is 11.5 Å². The molecule has 0 N–H and O–H groups in total. The predicted octanol–water partition coefficient (Wildman–Crippen LogP) is 3.00. The number of rotatable bonds is 3. The molecule has 0 saturated carbocycles. The summed E-state index contributed by atoms with van der Waals surface area (Å²) >= 11 is 0. The molecule has 0 spiro atoms. The maximum Gasteiger partial charge on any atom is 0.179 e. The van der Waals surface area contributed by atoms with Crippen molar-refractivity contribution < 1.29 is 9.53 Å². The van der Waals surface area contributed by atoms with Gasteiger partial charge in [-0.2, -0.15) is 5.26 Å². The van der Waals surface area contributed by atoms with Crippen LogP contribution in [0.25, 0.3) is 17.1 Å². The summed E-state index contributed by atoms with van der Waals surface area (Å²) in [5.41, 5.74) is 3.58. The topological polar surface area (TPSA) is 79.1 Å². The molecule has 2 aromatic rings. The monoisotopic (exact) mass is 374 g/mol. The molecule has 28 heavy (non-hydrogen) atoms. The van der Waals surface area contributed by atoms with E-state index in [0.717, 1.165) is 48.3 Å². The third-order valence-corrected chi connectivity index (χ3v) is 5.80. The van der Waals surface area contributed by atoms with Gasteiger partial charge in [-0.1, -0.05) is 12.1 Å². The van der Waals surface area contributed by atoms with E-state index in [-0.39, 0.29) is 23.4 Å². The number of piperidine rings is 1. The van der Waals surface area contributed by atoms with Gasteiger partial charge in [-0.15, -0.1) is 0 Å². The largest absolute Gasteiger partial charge is 0.378 e. The molecule has 1 aromatic carbocycles. The Morgan fingerprint density at radius 3 is 2.57 bits per heavy atom. The molecule has 6 nitrogen and oxygen atoms in total. The van der Waals surface area contributed by atoms with Crippen LogP contribution < -0.4 is 0 Å². The first-order valence-electron chi connectivity index (χ1n) is 9.43. The molecule has 142 valence electrons. The highest BCUT2D eigenvalue weighted by Gasteiger charge is 2.35. The van der Waals surface area contributed by atoms with E-state index in [1.165, 1.54) is 0 Å². The number of carbonyl (C=O) groups is 1. The van der Waals surface area contributed by atoms with E-state index < -0.39 is 0 Å². The van der Waals surface area contributed by atoms with Gasteiger partial charge in [0.25, 0.3) is 0 Å². The lowest BCUT2D eigenvalue weighted by molar-refractivity contribution is -0.114. The highest BCUT2D eigenvalue weighted by Crippen LogP contribution is 2.37. The van der Waals surface area contributed by atoms with Crippen LogP contribution in [0.15, 0.2) is 42.2 Å². The van der Waals surface area contributed by atoms with Gasteiger partial charge in [0.2, 0.25) is 0 Å². The summed E-state index contributed by atoms with van der Waals surface area (Å²) in [6.07, 6.45) is 5.35. The quantitative estimate of drug-likeness (QED) is 0.822. The number of hydrogen-bond donors (Lipinski definition) is 0. The van der Waals surface area contributed by atoms with Crippen molar-refractivity contribution in [1.82, 2.24) is 14.9 Å². The number of hydrogen-bond acceptors (Lipinski definition) is 6. The fraction of sp³-hybridized carbons (Fsp3) is 0.364. The van der Waals surface area contributed by atoms with E-state index in [1.54, 1.807) is 25.6 Å². The summed E-state index contributed by atoms with van der Waals surface area (Å²) in [7, 11) is 1.74. The molecule has 4 rings (SSSR count). The lowest BCUT2D eigenvalue weighted by Crippen LogP contribution is -2.43. The molecule has 1 aliphatic heterocycles. The maximum absolute atomic E-state index is 12.6. The van der Waals surface area contributed by atoms with Crippen molar-refractivity contribution in [3.05, 3.63) is 53.4 Å². The minimum absolute atomic E-state index is 0.117. The zero-order chi connectivity index (χ0) is 19.7. The number of Topliss-reactive ketones (excluding diaryl/α,β-unsaturated/α-hetero) is 1. The van der Waals surface area contributed by atoms with Crippen LogP contribution in [-0.2, 0) is 16.0 Å². The molecule has 1 fully saturated rings. The Bertz CT molecular complexity index is 983. The van der Waals surface area contributed by atoms with Crippen molar-refractivity contribution in [1.29, 1.82) is 5.26 Å². The second-order valence-corrected chi connectivity index (χ2v) is 7.52. The van der Waals surface area contributed by atoms with Crippen LogP contribution in [0.3, 0.4) is 0 Å². The van der Waals surface area contributed by atoms with Crippen molar-refractivity contribution in [2.75, 3.05) is 20.2 Å². The highest BCUT2D eigenvalue weighted by molar-refractivity contribution is 6.10. The van der Waals surface area contributed by atoms with Crippen LogP contribution in [0, 0.1) is 11.3 Å². The number of ketones is 1. The number of benzene rings is 1. The zero-order valence-corrected chi connectivity index (χ0v) is 16.1. The summed E-state index contributed by atoms with van der Waals surface area (Å²) in [5, 5.41) is 9.72. The van der Waals surface area contributed by atoms with Crippen LogP contribution >= 0.6 is 0 Å². The van der Waals surface area contributed by atoms with E-state index >= 15 is 0 Å². The van der Waals surface area contributed by atoms with E-state index in [9.17, 15) is 10.1 Å². The molecule has 2 heterocycles. The fourth-order valence-corrected chi connectivity index (χ4v) is 3.92. The van der Waals surface area contributed by atoms with Gasteiger partial charge in [0, 0.05) is 50.1 Å².